The van der Waals surface area contributed by atoms with Crippen molar-refractivity contribution in [2.24, 2.45) is 0 Å². The van der Waals surface area contributed by atoms with Gasteiger partial charge in [-0.2, -0.15) is 11.8 Å². The van der Waals surface area contributed by atoms with Gasteiger partial charge in [-0.3, -0.25) is 4.79 Å². The number of carbonyl (C=O) groups excluding carboxylic acids is 1. The number of carbonyl (C=O) groups is 1. The molecule has 0 radical (unpaired) electrons. The molecule has 1 amide bonds. The van der Waals surface area contributed by atoms with E-state index in [-0.39, 0.29) is 17.3 Å². The second kappa shape index (κ2) is 8.39. The zero-order valence-corrected chi connectivity index (χ0v) is 13.3. The third kappa shape index (κ3) is 6.03. The number of hydrogen-bond acceptors (Lipinski definition) is 4. The molecule has 112 valence electrons. The second-order valence-corrected chi connectivity index (χ2v) is 6.60. The molecule has 0 saturated heterocycles. The van der Waals surface area contributed by atoms with Crippen molar-refractivity contribution in [3.63, 3.8) is 0 Å². The number of nitrogens with one attached hydrogen (secondary N) is 1. The van der Waals surface area contributed by atoms with Crippen molar-refractivity contribution in [1.82, 2.24) is 0 Å². The molecule has 2 unspecified atom stereocenters. The summed E-state index contributed by atoms with van der Waals surface area (Å²) in [5.41, 5.74) is 6.73. The van der Waals surface area contributed by atoms with E-state index in [1.54, 1.807) is 36.9 Å². The van der Waals surface area contributed by atoms with Crippen molar-refractivity contribution in [2.45, 2.75) is 38.0 Å². The van der Waals surface area contributed by atoms with Crippen LogP contribution in [-0.2, 0) is 4.79 Å². The van der Waals surface area contributed by atoms with E-state index in [9.17, 15) is 9.90 Å². The van der Waals surface area contributed by atoms with Crippen LogP contribution in [0.4, 0.5) is 11.4 Å². The van der Waals surface area contributed by atoms with Crippen molar-refractivity contribution in [1.29, 1.82) is 0 Å². The molecule has 1 aromatic rings. The number of aliphatic hydroxyl groups excluding tert-OH is 1. The van der Waals surface area contributed by atoms with Crippen molar-refractivity contribution >= 4 is 40.6 Å². The Balaban J connectivity index is 2.30. The topological polar surface area (TPSA) is 75.3 Å². The van der Waals surface area contributed by atoms with Crippen LogP contribution in [0, 0.1) is 0 Å². The average Bonchev–Trinajstić information content (AvgIpc) is 2.37. The van der Waals surface area contributed by atoms with Crippen LogP contribution in [-0.4, -0.2) is 28.1 Å². The maximum Gasteiger partial charge on any atom is 0.224 e. The van der Waals surface area contributed by atoms with Crippen molar-refractivity contribution in [3.05, 3.63) is 23.2 Å². The highest BCUT2D eigenvalue weighted by Gasteiger charge is 2.10. The van der Waals surface area contributed by atoms with Gasteiger partial charge in [0.05, 0.1) is 16.8 Å². The SMILES string of the molecule is CC(O)C(C)SCCCC(=O)Nc1ccc(N)cc1Cl. The summed E-state index contributed by atoms with van der Waals surface area (Å²) in [6.45, 7) is 3.75. The summed E-state index contributed by atoms with van der Waals surface area (Å²) >= 11 is 7.65. The van der Waals surface area contributed by atoms with Crippen LogP contribution >= 0.6 is 23.4 Å². The molecule has 0 spiro atoms. The minimum absolute atomic E-state index is 0.0676. The van der Waals surface area contributed by atoms with Gasteiger partial charge in [0.1, 0.15) is 0 Å². The number of rotatable bonds is 7. The van der Waals surface area contributed by atoms with E-state index in [0.717, 1.165) is 12.2 Å². The van der Waals surface area contributed by atoms with Crippen molar-refractivity contribution < 1.29 is 9.90 Å². The predicted molar refractivity (Wildman–Crippen MR) is 87.3 cm³/mol. The quantitative estimate of drug-likeness (QED) is 0.533. The Morgan fingerprint density at radius 1 is 1.50 bits per heavy atom. The molecule has 0 aliphatic heterocycles. The summed E-state index contributed by atoms with van der Waals surface area (Å²) in [7, 11) is 0. The highest BCUT2D eigenvalue weighted by molar-refractivity contribution is 7.99. The first-order valence-corrected chi connectivity index (χ1v) is 7.97. The van der Waals surface area contributed by atoms with Gasteiger partial charge in [-0.05, 0) is 37.3 Å². The fraction of sp³-hybridized carbons (Fsp3) is 0.500. The Hall–Kier alpha value is -0.910. The van der Waals surface area contributed by atoms with Crippen LogP contribution in [0.1, 0.15) is 26.7 Å². The molecule has 4 N–H and O–H groups in total. The summed E-state index contributed by atoms with van der Waals surface area (Å²) in [5, 5.41) is 12.7. The van der Waals surface area contributed by atoms with E-state index in [4.69, 9.17) is 17.3 Å². The van der Waals surface area contributed by atoms with E-state index in [2.05, 4.69) is 5.32 Å². The monoisotopic (exact) mass is 316 g/mol. The molecular weight excluding hydrogens is 296 g/mol. The lowest BCUT2D eigenvalue weighted by Crippen LogP contribution is -2.16. The summed E-state index contributed by atoms with van der Waals surface area (Å²) in [5.74, 6) is 0.775. The second-order valence-electron chi connectivity index (χ2n) is 4.71. The summed E-state index contributed by atoms with van der Waals surface area (Å²) in [6.07, 6.45) is 0.864. The Morgan fingerprint density at radius 3 is 2.80 bits per heavy atom. The van der Waals surface area contributed by atoms with Gasteiger partial charge in [0.15, 0.2) is 0 Å². The summed E-state index contributed by atoms with van der Waals surface area (Å²) in [4.78, 5) is 11.8. The van der Waals surface area contributed by atoms with E-state index in [1.807, 2.05) is 6.92 Å². The molecule has 0 aliphatic rings. The minimum atomic E-state index is -0.331. The standard InChI is InChI=1S/C14H21ClN2O2S/c1-9(18)10(2)20-7-3-4-14(19)17-13-6-5-11(16)8-12(13)15/h5-6,8-10,18H,3-4,7,16H2,1-2H3,(H,17,19). The number of benzene rings is 1. The van der Waals surface area contributed by atoms with Crippen LogP contribution < -0.4 is 11.1 Å². The molecule has 0 bridgehead atoms. The largest absolute Gasteiger partial charge is 0.399 e. The van der Waals surface area contributed by atoms with Crippen molar-refractivity contribution in [2.75, 3.05) is 16.8 Å². The number of nitrogens with two attached hydrogens (primary N) is 1. The van der Waals surface area contributed by atoms with E-state index >= 15 is 0 Å². The normalized spacial score (nSPS) is 13.8. The zero-order chi connectivity index (χ0) is 15.1. The number of amides is 1. The van der Waals surface area contributed by atoms with Gasteiger partial charge in [0.2, 0.25) is 5.91 Å². The molecule has 0 aromatic heterocycles. The van der Waals surface area contributed by atoms with Gasteiger partial charge in [-0.1, -0.05) is 18.5 Å². The third-order valence-electron chi connectivity index (χ3n) is 2.88. The van der Waals surface area contributed by atoms with Crippen LogP contribution in [0.5, 0.6) is 0 Å². The first kappa shape index (κ1) is 17.1. The van der Waals surface area contributed by atoms with E-state index in [0.29, 0.717) is 22.8 Å². The van der Waals surface area contributed by atoms with E-state index < -0.39 is 0 Å². The van der Waals surface area contributed by atoms with Gasteiger partial charge in [0.25, 0.3) is 0 Å². The number of hydrogen-bond donors (Lipinski definition) is 3. The summed E-state index contributed by atoms with van der Waals surface area (Å²) < 4.78 is 0. The first-order chi connectivity index (χ1) is 9.40. The maximum absolute atomic E-state index is 11.8. The summed E-state index contributed by atoms with van der Waals surface area (Å²) in [6, 6.07) is 5.00. The molecule has 2 atom stereocenters. The smallest absolute Gasteiger partial charge is 0.224 e. The molecule has 1 rings (SSSR count). The molecule has 0 aliphatic carbocycles. The fourth-order valence-corrected chi connectivity index (χ4v) is 2.68. The van der Waals surface area contributed by atoms with Crippen LogP contribution in [0.3, 0.4) is 0 Å². The third-order valence-corrected chi connectivity index (χ3v) is 4.63. The molecular formula is C14H21ClN2O2S. The molecule has 4 nitrogen and oxygen atoms in total. The zero-order valence-electron chi connectivity index (χ0n) is 11.7. The molecule has 20 heavy (non-hydrogen) atoms. The molecule has 0 heterocycles. The Morgan fingerprint density at radius 2 is 2.20 bits per heavy atom. The van der Waals surface area contributed by atoms with Crippen LogP contribution in [0.2, 0.25) is 5.02 Å². The van der Waals surface area contributed by atoms with Crippen molar-refractivity contribution in [3.8, 4) is 0 Å². The van der Waals surface area contributed by atoms with Crippen LogP contribution in [0.25, 0.3) is 0 Å². The lowest BCUT2D eigenvalue weighted by molar-refractivity contribution is -0.116. The van der Waals surface area contributed by atoms with Crippen LogP contribution in [0.15, 0.2) is 18.2 Å². The average molecular weight is 317 g/mol. The van der Waals surface area contributed by atoms with Gasteiger partial charge < -0.3 is 16.2 Å². The lowest BCUT2D eigenvalue weighted by atomic mass is 10.2. The number of nitrogen functional groups attached to an aromatic ring is 1. The Labute approximate surface area is 129 Å². The van der Waals surface area contributed by atoms with Gasteiger partial charge >= 0.3 is 0 Å². The van der Waals surface area contributed by atoms with E-state index in [1.165, 1.54) is 0 Å². The minimum Gasteiger partial charge on any atom is -0.399 e. The molecule has 1 aromatic carbocycles. The number of anilines is 2. The first-order valence-electron chi connectivity index (χ1n) is 6.54. The molecule has 6 heteroatoms. The molecule has 0 saturated carbocycles. The highest BCUT2D eigenvalue weighted by atomic mass is 35.5. The van der Waals surface area contributed by atoms with Gasteiger partial charge in [-0.25, -0.2) is 0 Å². The maximum atomic E-state index is 11.8. The predicted octanol–water partition coefficient (Wildman–Crippen LogP) is 3.14. The van der Waals surface area contributed by atoms with Gasteiger partial charge in [0, 0.05) is 17.4 Å². The Bertz CT molecular complexity index is 455. The Kier molecular flexibility index (Phi) is 7.19. The molecule has 0 fully saturated rings. The number of halogens is 1. The number of thioether (sulfide) groups is 1. The number of aliphatic hydroxyl groups is 1. The highest BCUT2D eigenvalue weighted by Crippen LogP contribution is 2.24. The fourth-order valence-electron chi connectivity index (χ4n) is 1.49. The lowest BCUT2D eigenvalue weighted by Gasteiger charge is -2.13. The van der Waals surface area contributed by atoms with Gasteiger partial charge in [-0.15, -0.1) is 0 Å².